The van der Waals surface area contributed by atoms with Gasteiger partial charge in [-0.2, -0.15) is 0 Å². The van der Waals surface area contributed by atoms with E-state index in [-0.39, 0.29) is 31.1 Å². The fourth-order valence-corrected chi connectivity index (χ4v) is 2.72. The molecule has 0 radical (unpaired) electrons. The van der Waals surface area contributed by atoms with E-state index in [4.69, 9.17) is 4.74 Å². The van der Waals surface area contributed by atoms with Crippen LogP contribution in [0.25, 0.3) is 0 Å². The van der Waals surface area contributed by atoms with Crippen LogP contribution in [0.1, 0.15) is 17.5 Å². The van der Waals surface area contributed by atoms with Crippen molar-refractivity contribution < 1.29 is 14.3 Å². The van der Waals surface area contributed by atoms with Gasteiger partial charge in [0.25, 0.3) is 0 Å². The normalized spacial score (nSPS) is 16.8. The van der Waals surface area contributed by atoms with Gasteiger partial charge in [-0.1, -0.05) is 60.7 Å². The van der Waals surface area contributed by atoms with Gasteiger partial charge in [0, 0.05) is 13.1 Å². The fraction of sp³-hybridized carbons (Fsp3) is 0.263. The van der Waals surface area contributed by atoms with Gasteiger partial charge < -0.3 is 10.1 Å². The fourth-order valence-electron chi connectivity index (χ4n) is 2.72. The lowest BCUT2D eigenvalue weighted by Gasteiger charge is -2.21. The van der Waals surface area contributed by atoms with Crippen LogP contribution in [-0.4, -0.2) is 29.5 Å². The molecule has 2 amide bonds. The van der Waals surface area contributed by atoms with Gasteiger partial charge in [0.15, 0.2) is 0 Å². The Morgan fingerprint density at radius 2 is 1.67 bits per heavy atom. The molecule has 124 valence electrons. The molecular formula is C19H20N2O3. The van der Waals surface area contributed by atoms with Crippen molar-refractivity contribution in [3.05, 3.63) is 71.8 Å². The molecule has 1 fully saturated rings. The minimum atomic E-state index is -0.361. The van der Waals surface area contributed by atoms with Gasteiger partial charge in [0.2, 0.25) is 5.91 Å². The molecule has 1 aliphatic heterocycles. The molecule has 2 aromatic rings. The van der Waals surface area contributed by atoms with Gasteiger partial charge >= 0.3 is 6.09 Å². The van der Waals surface area contributed by atoms with Gasteiger partial charge in [0.05, 0.1) is 12.5 Å². The lowest BCUT2D eigenvalue weighted by atomic mass is 10.1. The van der Waals surface area contributed by atoms with Crippen LogP contribution in [-0.2, 0) is 22.6 Å². The van der Waals surface area contributed by atoms with Crippen LogP contribution in [0, 0.1) is 0 Å². The Kier molecular flexibility index (Phi) is 5.11. The first-order valence-corrected chi connectivity index (χ1v) is 8.00. The molecule has 3 rings (SSSR count). The van der Waals surface area contributed by atoms with E-state index in [1.165, 1.54) is 0 Å². The largest absolute Gasteiger partial charge is 0.447 e. The van der Waals surface area contributed by atoms with Gasteiger partial charge in [-0.25, -0.2) is 4.79 Å². The topological polar surface area (TPSA) is 58.6 Å². The molecule has 0 aromatic heterocycles. The van der Waals surface area contributed by atoms with Crippen LogP contribution in [0.3, 0.4) is 0 Å². The van der Waals surface area contributed by atoms with Gasteiger partial charge in [0.1, 0.15) is 6.61 Å². The van der Waals surface area contributed by atoms with Crippen molar-refractivity contribution in [2.45, 2.75) is 25.6 Å². The van der Waals surface area contributed by atoms with Crippen molar-refractivity contribution in [3.8, 4) is 0 Å². The lowest BCUT2D eigenvalue weighted by molar-refractivity contribution is -0.122. The average Bonchev–Trinajstić information content (AvgIpc) is 2.95. The molecule has 1 N–H and O–H groups in total. The number of carbonyl (C=O) groups is 2. The number of amides is 2. The van der Waals surface area contributed by atoms with Crippen LogP contribution in [0.4, 0.5) is 4.79 Å². The Balaban J connectivity index is 1.55. The second-order valence-electron chi connectivity index (χ2n) is 5.81. The Labute approximate surface area is 141 Å². The highest BCUT2D eigenvalue weighted by atomic mass is 16.6. The Bertz CT molecular complexity index is 688. The molecule has 2 aromatic carbocycles. The maximum Gasteiger partial charge on any atom is 0.410 e. The van der Waals surface area contributed by atoms with Crippen molar-refractivity contribution >= 4 is 12.0 Å². The minimum Gasteiger partial charge on any atom is -0.447 e. The zero-order valence-corrected chi connectivity index (χ0v) is 13.4. The van der Waals surface area contributed by atoms with E-state index in [1.54, 1.807) is 4.90 Å². The first kappa shape index (κ1) is 16.1. The smallest absolute Gasteiger partial charge is 0.410 e. The van der Waals surface area contributed by atoms with E-state index in [0.29, 0.717) is 13.1 Å². The van der Waals surface area contributed by atoms with Crippen LogP contribution < -0.4 is 5.32 Å². The predicted molar refractivity (Wildman–Crippen MR) is 90.0 cm³/mol. The van der Waals surface area contributed by atoms with Crippen LogP contribution >= 0.6 is 0 Å². The monoisotopic (exact) mass is 324 g/mol. The molecule has 1 atom stereocenters. The molecular weight excluding hydrogens is 304 g/mol. The van der Waals surface area contributed by atoms with Crippen molar-refractivity contribution in [1.82, 2.24) is 10.2 Å². The highest BCUT2D eigenvalue weighted by Crippen LogP contribution is 2.19. The predicted octanol–water partition coefficient (Wildman–Crippen LogP) is 2.71. The Morgan fingerprint density at radius 1 is 1.04 bits per heavy atom. The summed E-state index contributed by atoms with van der Waals surface area (Å²) in [6.07, 6.45) is -0.120. The summed E-state index contributed by atoms with van der Waals surface area (Å²) in [6.45, 7) is 1.20. The molecule has 5 heteroatoms. The molecule has 1 unspecified atom stereocenters. The number of ether oxygens (including phenoxy) is 1. The Morgan fingerprint density at radius 3 is 2.33 bits per heavy atom. The van der Waals surface area contributed by atoms with Crippen molar-refractivity contribution in [2.24, 2.45) is 0 Å². The SMILES string of the molecule is O=C(CC1COC(=O)N1Cc1ccccc1)NCc1ccccc1. The highest BCUT2D eigenvalue weighted by molar-refractivity contribution is 5.78. The van der Waals surface area contributed by atoms with E-state index in [9.17, 15) is 9.59 Å². The van der Waals surface area contributed by atoms with Gasteiger partial charge in [-0.05, 0) is 11.1 Å². The molecule has 1 aliphatic rings. The molecule has 1 saturated heterocycles. The van der Waals surface area contributed by atoms with Crippen molar-refractivity contribution in [1.29, 1.82) is 0 Å². The number of rotatable bonds is 6. The average molecular weight is 324 g/mol. The third kappa shape index (κ3) is 4.13. The zero-order valence-electron chi connectivity index (χ0n) is 13.4. The number of benzene rings is 2. The first-order valence-electron chi connectivity index (χ1n) is 8.00. The van der Waals surface area contributed by atoms with E-state index < -0.39 is 0 Å². The van der Waals surface area contributed by atoms with E-state index in [1.807, 2.05) is 60.7 Å². The molecule has 0 bridgehead atoms. The number of nitrogens with one attached hydrogen (secondary N) is 1. The number of nitrogens with zero attached hydrogens (tertiary/aromatic N) is 1. The molecule has 0 saturated carbocycles. The van der Waals surface area contributed by atoms with Crippen LogP contribution in [0.5, 0.6) is 0 Å². The third-order valence-electron chi connectivity index (χ3n) is 4.02. The summed E-state index contributed by atoms with van der Waals surface area (Å²) in [5, 5.41) is 2.89. The highest BCUT2D eigenvalue weighted by Gasteiger charge is 2.34. The number of hydrogen-bond donors (Lipinski definition) is 1. The molecule has 1 heterocycles. The molecule has 0 spiro atoms. The second kappa shape index (κ2) is 7.64. The maximum atomic E-state index is 12.2. The van der Waals surface area contributed by atoms with E-state index in [2.05, 4.69) is 5.32 Å². The first-order chi connectivity index (χ1) is 11.7. The summed E-state index contributed by atoms with van der Waals surface area (Å²) in [6, 6.07) is 19.2. The second-order valence-corrected chi connectivity index (χ2v) is 5.81. The minimum absolute atomic E-state index is 0.0831. The van der Waals surface area contributed by atoms with E-state index >= 15 is 0 Å². The summed E-state index contributed by atoms with van der Waals surface area (Å²) in [4.78, 5) is 25.7. The standard InChI is InChI=1S/C19H20N2O3/c22-18(20-12-15-7-3-1-4-8-15)11-17-14-24-19(23)21(17)13-16-9-5-2-6-10-16/h1-10,17H,11-14H2,(H,20,22). The summed E-state index contributed by atoms with van der Waals surface area (Å²) >= 11 is 0. The molecule has 0 aliphatic carbocycles. The van der Waals surface area contributed by atoms with Crippen LogP contribution in [0.2, 0.25) is 0 Å². The van der Waals surface area contributed by atoms with E-state index in [0.717, 1.165) is 11.1 Å². The van der Waals surface area contributed by atoms with Crippen molar-refractivity contribution in [2.75, 3.05) is 6.61 Å². The Hall–Kier alpha value is -2.82. The maximum absolute atomic E-state index is 12.2. The van der Waals surface area contributed by atoms with Gasteiger partial charge in [-0.3, -0.25) is 9.69 Å². The lowest BCUT2D eigenvalue weighted by Crippen LogP contribution is -2.37. The van der Waals surface area contributed by atoms with Crippen LogP contribution in [0.15, 0.2) is 60.7 Å². The quantitative estimate of drug-likeness (QED) is 0.889. The summed E-state index contributed by atoms with van der Waals surface area (Å²) in [5.74, 6) is -0.0831. The van der Waals surface area contributed by atoms with Crippen molar-refractivity contribution in [3.63, 3.8) is 0 Å². The summed E-state index contributed by atoms with van der Waals surface area (Å²) < 4.78 is 5.12. The molecule has 5 nitrogen and oxygen atoms in total. The molecule has 24 heavy (non-hydrogen) atoms. The summed E-state index contributed by atoms with van der Waals surface area (Å²) in [7, 11) is 0. The number of carbonyl (C=O) groups excluding carboxylic acids is 2. The summed E-state index contributed by atoms with van der Waals surface area (Å²) in [5.41, 5.74) is 2.07. The zero-order chi connectivity index (χ0) is 16.8. The third-order valence-corrected chi connectivity index (χ3v) is 4.02. The van der Waals surface area contributed by atoms with Gasteiger partial charge in [-0.15, -0.1) is 0 Å². The number of cyclic esters (lactones) is 1. The number of hydrogen-bond acceptors (Lipinski definition) is 3.